The third-order valence-electron chi connectivity index (χ3n) is 4.06. The van der Waals surface area contributed by atoms with Gasteiger partial charge in [-0.1, -0.05) is 13.8 Å². The predicted octanol–water partition coefficient (Wildman–Crippen LogP) is 4.52. The largest absolute Gasteiger partial charge is 0.416 e. The van der Waals surface area contributed by atoms with Crippen molar-refractivity contribution in [2.75, 3.05) is 23.7 Å². The third-order valence-corrected chi connectivity index (χ3v) is 4.06. The van der Waals surface area contributed by atoms with Crippen LogP contribution in [-0.2, 0) is 6.18 Å². The number of anilines is 2. The van der Waals surface area contributed by atoms with Gasteiger partial charge in [-0.15, -0.1) is 0 Å². The summed E-state index contributed by atoms with van der Waals surface area (Å²) in [6.07, 6.45) is -0.212. The molecule has 0 unspecified atom stereocenters. The molecule has 1 fully saturated rings. The summed E-state index contributed by atoms with van der Waals surface area (Å²) in [7, 11) is 0. The number of nitrogens with zero attached hydrogens (tertiary/aromatic N) is 1. The standard InChI is InChI=1S/C15H22F3N3/c1-3-7-19-12-8-11(15(16,17)18)9-13(21-12)20-10-14(4-2)5-6-14/h8-9H,3-7,10H2,1-2H3,(H2,19,20,21). The third kappa shape index (κ3) is 4.25. The van der Waals surface area contributed by atoms with E-state index in [1.807, 2.05) is 6.92 Å². The molecule has 0 bridgehead atoms. The average molecular weight is 301 g/mol. The molecule has 0 atom stereocenters. The Kier molecular flexibility index (Phi) is 4.64. The zero-order valence-corrected chi connectivity index (χ0v) is 12.5. The summed E-state index contributed by atoms with van der Waals surface area (Å²) in [4.78, 5) is 4.23. The van der Waals surface area contributed by atoms with Crippen LogP contribution < -0.4 is 10.6 Å². The highest BCUT2D eigenvalue weighted by molar-refractivity contribution is 5.50. The van der Waals surface area contributed by atoms with Gasteiger partial charge in [0.2, 0.25) is 0 Å². The van der Waals surface area contributed by atoms with E-state index in [4.69, 9.17) is 0 Å². The number of hydrogen-bond donors (Lipinski definition) is 2. The van der Waals surface area contributed by atoms with Gasteiger partial charge in [0, 0.05) is 13.1 Å². The molecular formula is C15H22F3N3. The van der Waals surface area contributed by atoms with Gasteiger partial charge in [-0.2, -0.15) is 13.2 Å². The fraction of sp³-hybridized carbons (Fsp3) is 0.667. The lowest BCUT2D eigenvalue weighted by Gasteiger charge is -2.16. The van der Waals surface area contributed by atoms with E-state index in [1.165, 1.54) is 0 Å². The Morgan fingerprint density at radius 3 is 2.24 bits per heavy atom. The molecule has 1 aromatic heterocycles. The maximum absolute atomic E-state index is 12.9. The van der Waals surface area contributed by atoms with Crippen LogP contribution in [0.4, 0.5) is 24.8 Å². The lowest BCUT2D eigenvalue weighted by molar-refractivity contribution is -0.137. The van der Waals surface area contributed by atoms with Crippen LogP contribution in [-0.4, -0.2) is 18.1 Å². The second kappa shape index (κ2) is 6.12. The molecule has 2 N–H and O–H groups in total. The van der Waals surface area contributed by atoms with Crippen LogP contribution in [0, 0.1) is 5.41 Å². The van der Waals surface area contributed by atoms with Gasteiger partial charge in [-0.25, -0.2) is 4.98 Å². The van der Waals surface area contributed by atoms with Crippen LogP contribution in [0.5, 0.6) is 0 Å². The minimum Gasteiger partial charge on any atom is -0.370 e. The lowest BCUT2D eigenvalue weighted by Crippen LogP contribution is -2.17. The van der Waals surface area contributed by atoms with Crippen molar-refractivity contribution in [1.29, 1.82) is 0 Å². The van der Waals surface area contributed by atoms with Gasteiger partial charge in [-0.3, -0.25) is 0 Å². The van der Waals surface area contributed by atoms with Crippen molar-refractivity contribution in [1.82, 2.24) is 4.98 Å². The van der Waals surface area contributed by atoms with E-state index in [1.54, 1.807) is 0 Å². The predicted molar refractivity (Wildman–Crippen MR) is 78.5 cm³/mol. The first-order valence-corrected chi connectivity index (χ1v) is 7.45. The van der Waals surface area contributed by atoms with Crippen molar-refractivity contribution in [3.05, 3.63) is 17.7 Å². The van der Waals surface area contributed by atoms with Gasteiger partial charge in [-0.05, 0) is 43.2 Å². The Morgan fingerprint density at radius 2 is 1.76 bits per heavy atom. The first-order chi connectivity index (χ1) is 9.88. The Bertz CT molecular complexity index is 482. The summed E-state index contributed by atoms with van der Waals surface area (Å²) in [5.41, 5.74) is -0.410. The average Bonchev–Trinajstić information content (AvgIpc) is 3.22. The maximum atomic E-state index is 12.9. The molecule has 21 heavy (non-hydrogen) atoms. The molecule has 0 aromatic carbocycles. The van der Waals surface area contributed by atoms with Gasteiger partial charge in [0.1, 0.15) is 11.6 Å². The van der Waals surface area contributed by atoms with Crippen molar-refractivity contribution in [2.45, 2.75) is 45.7 Å². The molecule has 2 rings (SSSR count). The highest BCUT2D eigenvalue weighted by atomic mass is 19.4. The Hall–Kier alpha value is -1.46. The van der Waals surface area contributed by atoms with E-state index < -0.39 is 11.7 Å². The quantitative estimate of drug-likeness (QED) is 0.777. The molecular weight excluding hydrogens is 279 g/mol. The molecule has 0 amide bonds. The van der Waals surface area contributed by atoms with Crippen LogP contribution in [0.25, 0.3) is 0 Å². The van der Waals surface area contributed by atoms with E-state index in [0.717, 1.165) is 37.8 Å². The maximum Gasteiger partial charge on any atom is 0.416 e. The Labute approximate surface area is 123 Å². The SMILES string of the molecule is CCCNc1cc(C(F)(F)F)cc(NCC2(CC)CC2)n1. The van der Waals surface area contributed by atoms with Crippen molar-refractivity contribution in [3.8, 4) is 0 Å². The van der Waals surface area contributed by atoms with Crippen molar-refractivity contribution in [3.63, 3.8) is 0 Å². The molecule has 1 aliphatic carbocycles. The van der Waals surface area contributed by atoms with Crippen LogP contribution in [0.2, 0.25) is 0 Å². The van der Waals surface area contributed by atoms with Gasteiger partial charge < -0.3 is 10.6 Å². The number of hydrogen-bond acceptors (Lipinski definition) is 3. The van der Waals surface area contributed by atoms with Gasteiger partial charge >= 0.3 is 6.18 Å². The lowest BCUT2D eigenvalue weighted by atomic mass is 10.0. The highest BCUT2D eigenvalue weighted by Gasteiger charge is 2.40. The minimum absolute atomic E-state index is 0.257. The van der Waals surface area contributed by atoms with Gasteiger partial charge in [0.15, 0.2) is 0 Å². The van der Waals surface area contributed by atoms with Crippen LogP contribution >= 0.6 is 0 Å². The van der Waals surface area contributed by atoms with E-state index in [-0.39, 0.29) is 11.2 Å². The second-order valence-corrected chi connectivity index (χ2v) is 5.76. The number of alkyl halides is 3. The fourth-order valence-electron chi connectivity index (χ4n) is 2.24. The molecule has 0 saturated heterocycles. The summed E-state index contributed by atoms with van der Waals surface area (Å²) >= 11 is 0. The van der Waals surface area contributed by atoms with Crippen LogP contribution in [0.1, 0.15) is 45.1 Å². The number of pyridine rings is 1. The number of aromatic nitrogens is 1. The van der Waals surface area contributed by atoms with E-state index in [0.29, 0.717) is 18.9 Å². The van der Waals surface area contributed by atoms with Crippen molar-refractivity contribution >= 4 is 11.6 Å². The summed E-state index contributed by atoms with van der Waals surface area (Å²) < 4.78 is 38.8. The second-order valence-electron chi connectivity index (χ2n) is 5.76. The van der Waals surface area contributed by atoms with Crippen LogP contribution in [0.3, 0.4) is 0 Å². The van der Waals surface area contributed by atoms with Crippen molar-refractivity contribution in [2.24, 2.45) is 5.41 Å². The molecule has 0 aliphatic heterocycles. The number of rotatable bonds is 7. The molecule has 1 heterocycles. The summed E-state index contributed by atoms with van der Waals surface area (Å²) in [5.74, 6) is 0.568. The van der Waals surface area contributed by atoms with Gasteiger partial charge in [0.05, 0.1) is 5.56 Å². The summed E-state index contributed by atoms with van der Waals surface area (Å²) in [5, 5.41) is 6.00. The van der Waals surface area contributed by atoms with E-state index in [9.17, 15) is 13.2 Å². The highest BCUT2D eigenvalue weighted by Crippen LogP contribution is 2.48. The Balaban J connectivity index is 2.14. The molecule has 1 aliphatic rings. The first-order valence-electron chi connectivity index (χ1n) is 7.45. The minimum atomic E-state index is -4.36. The van der Waals surface area contributed by atoms with Crippen LogP contribution in [0.15, 0.2) is 12.1 Å². The van der Waals surface area contributed by atoms with E-state index >= 15 is 0 Å². The van der Waals surface area contributed by atoms with Gasteiger partial charge in [0.25, 0.3) is 0 Å². The monoisotopic (exact) mass is 301 g/mol. The van der Waals surface area contributed by atoms with E-state index in [2.05, 4.69) is 22.5 Å². The molecule has 1 aromatic rings. The molecule has 0 radical (unpaired) electrons. The normalized spacial score (nSPS) is 16.6. The number of nitrogens with one attached hydrogen (secondary N) is 2. The molecule has 6 heteroatoms. The smallest absolute Gasteiger partial charge is 0.370 e. The summed E-state index contributed by atoms with van der Waals surface area (Å²) in [6.45, 7) is 5.36. The first kappa shape index (κ1) is 15.9. The number of halogens is 3. The fourth-order valence-corrected chi connectivity index (χ4v) is 2.24. The Morgan fingerprint density at radius 1 is 1.14 bits per heavy atom. The summed E-state index contributed by atoms with van der Waals surface area (Å²) in [6, 6.07) is 2.15. The molecule has 118 valence electrons. The van der Waals surface area contributed by atoms with Crippen molar-refractivity contribution < 1.29 is 13.2 Å². The zero-order valence-electron chi connectivity index (χ0n) is 12.5. The zero-order chi connectivity index (χ0) is 15.5. The molecule has 0 spiro atoms. The molecule has 1 saturated carbocycles. The molecule has 3 nitrogen and oxygen atoms in total. The topological polar surface area (TPSA) is 37.0 Å².